The third-order valence-corrected chi connectivity index (χ3v) is 3.67. The molecule has 1 saturated heterocycles. The minimum Gasteiger partial charge on any atom is -0.496 e. The van der Waals surface area contributed by atoms with Crippen LogP contribution in [0.1, 0.15) is 31.9 Å². The van der Waals surface area contributed by atoms with Crippen LogP contribution in [0.25, 0.3) is 0 Å². The summed E-state index contributed by atoms with van der Waals surface area (Å²) in [6.45, 7) is 3.91. The molecule has 0 aliphatic carbocycles. The van der Waals surface area contributed by atoms with Gasteiger partial charge in [-0.25, -0.2) is 0 Å². The Kier molecular flexibility index (Phi) is 4.47. The summed E-state index contributed by atoms with van der Waals surface area (Å²) in [7, 11) is 1.58. The molecule has 6 heteroatoms. The summed E-state index contributed by atoms with van der Waals surface area (Å²) in [6, 6.07) is 4.88. The summed E-state index contributed by atoms with van der Waals surface area (Å²) < 4.78 is 5.37. The van der Waals surface area contributed by atoms with Gasteiger partial charge in [-0.1, -0.05) is 13.0 Å². The number of carbonyl (C=O) groups excluding carboxylic acids is 2. The number of hydrogen-bond acceptors (Lipinski definition) is 5. The molecule has 114 valence electrons. The number of rotatable bonds is 4. The lowest BCUT2D eigenvalue weighted by Gasteiger charge is -2.37. The third kappa shape index (κ3) is 2.85. The number of nitrogens with one attached hydrogen (secondary N) is 1. The lowest BCUT2D eigenvalue weighted by molar-refractivity contribution is -0.132. The van der Waals surface area contributed by atoms with Gasteiger partial charge in [0.1, 0.15) is 11.8 Å². The Hall–Kier alpha value is -2.08. The first-order valence-corrected chi connectivity index (χ1v) is 7.02. The van der Waals surface area contributed by atoms with Gasteiger partial charge in [0, 0.05) is 17.3 Å². The standard InChI is InChI=1S/C15H21N3O3/c1-4-10-15(20)17-13(19)8-18(10)11-6-5-7-12(21-3)14(11)9(2)16/h5-7,9-10H,4,8,16H2,1-3H3,(H,17,19,20). The van der Waals surface area contributed by atoms with Crippen molar-refractivity contribution in [3.8, 4) is 5.75 Å². The van der Waals surface area contributed by atoms with Crippen LogP contribution in [0.3, 0.4) is 0 Å². The molecule has 0 radical (unpaired) electrons. The van der Waals surface area contributed by atoms with Crippen molar-refractivity contribution in [2.45, 2.75) is 32.4 Å². The normalized spacial score (nSPS) is 20.2. The van der Waals surface area contributed by atoms with Crippen molar-refractivity contribution in [2.75, 3.05) is 18.6 Å². The van der Waals surface area contributed by atoms with Gasteiger partial charge in [-0.3, -0.25) is 14.9 Å². The van der Waals surface area contributed by atoms with Crippen LogP contribution in [-0.2, 0) is 9.59 Å². The summed E-state index contributed by atoms with van der Waals surface area (Å²) in [5.41, 5.74) is 7.65. The number of imide groups is 1. The predicted octanol–water partition coefficient (Wildman–Crippen LogP) is 0.956. The molecule has 1 aromatic rings. The Bertz CT molecular complexity index is 557. The molecular weight excluding hydrogens is 270 g/mol. The van der Waals surface area contributed by atoms with Crippen molar-refractivity contribution >= 4 is 17.5 Å². The van der Waals surface area contributed by atoms with Gasteiger partial charge in [-0.05, 0) is 25.5 Å². The van der Waals surface area contributed by atoms with Gasteiger partial charge in [-0.2, -0.15) is 0 Å². The summed E-state index contributed by atoms with van der Waals surface area (Å²) in [6.07, 6.45) is 0.606. The molecule has 0 aromatic heterocycles. The van der Waals surface area contributed by atoms with E-state index >= 15 is 0 Å². The van der Waals surface area contributed by atoms with E-state index in [0.717, 1.165) is 11.3 Å². The van der Waals surface area contributed by atoms with E-state index in [1.165, 1.54) is 0 Å². The monoisotopic (exact) mass is 291 g/mol. The van der Waals surface area contributed by atoms with E-state index in [-0.39, 0.29) is 30.4 Å². The molecule has 1 aliphatic heterocycles. The van der Waals surface area contributed by atoms with Crippen LogP contribution < -0.4 is 20.7 Å². The average Bonchev–Trinajstić information content (AvgIpc) is 2.45. The van der Waals surface area contributed by atoms with E-state index in [4.69, 9.17) is 10.5 Å². The summed E-state index contributed by atoms with van der Waals surface area (Å²) in [5, 5.41) is 2.38. The third-order valence-electron chi connectivity index (χ3n) is 3.67. The second-order valence-corrected chi connectivity index (χ2v) is 5.15. The Morgan fingerprint density at radius 3 is 2.76 bits per heavy atom. The van der Waals surface area contributed by atoms with Gasteiger partial charge in [0.2, 0.25) is 11.8 Å². The molecule has 2 unspecified atom stereocenters. The molecule has 1 heterocycles. The number of hydrogen-bond donors (Lipinski definition) is 2. The Balaban J connectivity index is 2.53. The Labute approximate surface area is 124 Å². The number of carbonyl (C=O) groups is 2. The molecule has 0 bridgehead atoms. The average molecular weight is 291 g/mol. The maximum Gasteiger partial charge on any atom is 0.249 e. The van der Waals surface area contributed by atoms with Gasteiger partial charge in [0.25, 0.3) is 0 Å². The number of ether oxygens (including phenoxy) is 1. The lowest BCUT2D eigenvalue weighted by atomic mass is 10.0. The fourth-order valence-corrected chi connectivity index (χ4v) is 2.74. The molecule has 1 fully saturated rings. The Morgan fingerprint density at radius 1 is 1.48 bits per heavy atom. The van der Waals surface area contributed by atoms with Gasteiger partial charge in [-0.15, -0.1) is 0 Å². The number of methoxy groups -OCH3 is 1. The lowest BCUT2D eigenvalue weighted by Crippen LogP contribution is -2.58. The number of anilines is 1. The minimum absolute atomic E-state index is 0.136. The smallest absolute Gasteiger partial charge is 0.249 e. The van der Waals surface area contributed by atoms with Crippen LogP contribution in [0.2, 0.25) is 0 Å². The molecule has 2 amide bonds. The zero-order valence-corrected chi connectivity index (χ0v) is 12.6. The van der Waals surface area contributed by atoms with Crippen LogP contribution in [0.5, 0.6) is 5.75 Å². The molecule has 1 aromatic carbocycles. The van der Waals surface area contributed by atoms with Crippen molar-refractivity contribution in [3.63, 3.8) is 0 Å². The van der Waals surface area contributed by atoms with Crippen LogP contribution in [0, 0.1) is 0 Å². The second kappa shape index (κ2) is 6.13. The highest BCUT2D eigenvalue weighted by Crippen LogP contribution is 2.35. The van der Waals surface area contributed by atoms with E-state index in [1.54, 1.807) is 7.11 Å². The van der Waals surface area contributed by atoms with Gasteiger partial charge in [0.05, 0.1) is 13.7 Å². The van der Waals surface area contributed by atoms with Gasteiger partial charge < -0.3 is 15.4 Å². The fourth-order valence-electron chi connectivity index (χ4n) is 2.74. The van der Waals surface area contributed by atoms with Crippen LogP contribution >= 0.6 is 0 Å². The maximum absolute atomic E-state index is 12.0. The van der Waals surface area contributed by atoms with Crippen molar-refractivity contribution in [1.82, 2.24) is 5.32 Å². The first-order chi connectivity index (χ1) is 9.99. The minimum atomic E-state index is -0.382. The first-order valence-electron chi connectivity index (χ1n) is 7.02. The van der Waals surface area contributed by atoms with E-state index in [0.29, 0.717) is 12.2 Å². The Morgan fingerprint density at radius 2 is 2.19 bits per heavy atom. The van der Waals surface area contributed by atoms with Crippen molar-refractivity contribution in [1.29, 1.82) is 0 Å². The number of benzene rings is 1. The molecule has 2 atom stereocenters. The summed E-state index contributed by atoms with van der Waals surface area (Å²) in [4.78, 5) is 25.5. The van der Waals surface area contributed by atoms with E-state index in [2.05, 4.69) is 5.32 Å². The van der Waals surface area contributed by atoms with Crippen LogP contribution in [0.15, 0.2) is 18.2 Å². The summed E-state index contributed by atoms with van der Waals surface area (Å²) >= 11 is 0. The molecular formula is C15H21N3O3. The largest absolute Gasteiger partial charge is 0.496 e. The van der Waals surface area contributed by atoms with Crippen molar-refractivity contribution < 1.29 is 14.3 Å². The van der Waals surface area contributed by atoms with Crippen molar-refractivity contribution in [2.24, 2.45) is 5.73 Å². The topological polar surface area (TPSA) is 84.7 Å². The molecule has 0 saturated carbocycles. The molecule has 2 rings (SSSR count). The number of piperazine rings is 1. The highest BCUT2D eigenvalue weighted by Gasteiger charge is 2.34. The van der Waals surface area contributed by atoms with Crippen molar-refractivity contribution in [3.05, 3.63) is 23.8 Å². The molecule has 6 nitrogen and oxygen atoms in total. The molecule has 21 heavy (non-hydrogen) atoms. The van der Waals surface area contributed by atoms with Crippen LogP contribution in [0.4, 0.5) is 5.69 Å². The van der Waals surface area contributed by atoms with E-state index < -0.39 is 0 Å². The van der Waals surface area contributed by atoms with E-state index in [9.17, 15) is 9.59 Å². The number of amides is 2. The maximum atomic E-state index is 12.0. The second-order valence-electron chi connectivity index (χ2n) is 5.15. The van der Waals surface area contributed by atoms with Gasteiger partial charge in [0.15, 0.2) is 0 Å². The number of nitrogens with zero attached hydrogens (tertiary/aromatic N) is 1. The zero-order valence-electron chi connectivity index (χ0n) is 12.6. The van der Waals surface area contributed by atoms with Crippen LogP contribution in [-0.4, -0.2) is 31.5 Å². The predicted molar refractivity (Wildman–Crippen MR) is 80.2 cm³/mol. The highest BCUT2D eigenvalue weighted by molar-refractivity contribution is 6.04. The molecule has 1 aliphatic rings. The van der Waals surface area contributed by atoms with Gasteiger partial charge >= 0.3 is 0 Å². The fraction of sp³-hybridized carbons (Fsp3) is 0.467. The number of nitrogens with two attached hydrogens (primary N) is 1. The first kappa shape index (κ1) is 15.3. The highest BCUT2D eigenvalue weighted by atomic mass is 16.5. The quantitative estimate of drug-likeness (QED) is 0.807. The molecule has 3 N–H and O–H groups in total. The summed E-state index contributed by atoms with van der Waals surface area (Å²) in [5.74, 6) is 0.0890. The zero-order chi connectivity index (χ0) is 15.6. The SMILES string of the molecule is CCC1C(=O)NC(=O)CN1c1cccc(OC)c1C(C)N. The molecule has 0 spiro atoms. The van der Waals surface area contributed by atoms with E-state index in [1.807, 2.05) is 36.9 Å².